The summed E-state index contributed by atoms with van der Waals surface area (Å²) in [5, 5.41) is 15.6. The summed E-state index contributed by atoms with van der Waals surface area (Å²) in [7, 11) is 1.57. The second kappa shape index (κ2) is 5.52. The smallest absolute Gasteiger partial charge is 0.353 e. The van der Waals surface area contributed by atoms with E-state index in [0.29, 0.717) is 11.4 Å². The molecular weight excluding hydrogens is 336 g/mol. The fourth-order valence-corrected chi connectivity index (χ4v) is 2.62. The zero-order valence-corrected chi connectivity index (χ0v) is 13.9. The number of hydrogen-bond donors (Lipinski definition) is 2. The number of hydrogen-bond acceptors (Lipinski definition) is 3. The number of carboxylic acids is 1. The Balaban J connectivity index is 2.64. The maximum Gasteiger partial charge on any atom is 0.353 e. The van der Waals surface area contributed by atoms with Gasteiger partial charge in [-0.05, 0) is 45.1 Å². The molecule has 0 spiro atoms. The third-order valence-corrected chi connectivity index (χ3v) is 3.79. The Hall–Kier alpha value is -1.82. The lowest BCUT2D eigenvalue weighted by Gasteiger charge is -2.21. The Morgan fingerprint density at radius 3 is 2.48 bits per heavy atom. The summed E-state index contributed by atoms with van der Waals surface area (Å²) in [4.78, 5) is 11.0. The van der Waals surface area contributed by atoms with Crippen LogP contribution in [0, 0.1) is 0 Å². The van der Waals surface area contributed by atoms with E-state index in [0.717, 1.165) is 15.6 Å². The first kappa shape index (κ1) is 15.6. The number of benzene rings is 1. The summed E-state index contributed by atoms with van der Waals surface area (Å²) in [6.45, 7) is 6.33. The van der Waals surface area contributed by atoms with E-state index in [4.69, 9.17) is 9.84 Å². The Labute approximate surface area is 131 Å². The van der Waals surface area contributed by atoms with E-state index in [1.807, 2.05) is 12.1 Å². The standard InChI is InChI=1S/C15H17BrN2O3/c1-15(2,3)8-5-9(13(21-4)10(16)6-8)11-7-12(14(19)20)18-17-11/h5-7H,1-4H3,(H,17,18)(H,19,20). The van der Waals surface area contributed by atoms with Crippen molar-refractivity contribution in [2.24, 2.45) is 0 Å². The molecular formula is C15H17BrN2O3. The van der Waals surface area contributed by atoms with Crippen LogP contribution in [0.15, 0.2) is 22.7 Å². The van der Waals surface area contributed by atoms with Gasteiger partial charge in [-0.1, -0.05) is 20.8 Å². The van der Waals surface area contributed by atoms with Crippen LogP contribution in [0.5, 0.6) is 5.75 Å². The molecule has 0 aliphatic rings. The molecule has 2 aromatic rings. The molecule has 0 aliphatic heterocycles. The Morgan fingerprint density at radius 2 is 2.00 bits per heavy atom. The van der Waals surface area contributed by atoms with Gasteiger partial charge in [-0.25, -0.2) is 4.79 Å². The second-order valence-corrected chi connectivity index (χ2v) is 6.62. The van der Waals surface area contributed by atoms with Crippen molar-refractivity contribution >= 4 is 21.9 Å². The van der Waals surface area contributed by atoms with Crippen molar-refractivity contribution in [3.8, 4) is 17.0 Å². The van der Waals surface area contributed by atoms with E-state index in [9.17, 15) is 4.79 Å². The SMILES string of the molecule is COc1c(Br)cc(C(C)(C)C)cc1-c1cc(C(=O)O)[nH]n1. The van der Waals surface area contributed by atoms with Crippen molar-refractivity contribution < 1.29 is 14.6 Å². The number of aromatic carboxylic acids is 1. The number of nitrogens with zero attached hydrogens (tertiary/aromatic N) is 1. The molecule has 5 nitrogen and oxygen atoms in total. The Morgan fingerprint density at radius 1 is 1.33 bits per heavy atom. The summed E-state index contributed by atoms with van der Waals surface area (Å²) in [6.07, 6.45) is 0. The molecule has 2 N–H and O–H groups in total. The average molecular weight is 353 g/mol. The van der Waals surface area contributed by atoms with Gasteiger partial charge in [-0.3, -0.25) is 5.10 Å². The van der Waals surface area contributed by atoms with Crippen molar-refractivity contribution in [2.45, 2.75) is 26.2 Å². The normalized spacial score (nSPS) is 11.5. The summed E-state index contributed by atoms with van der Waals surface area (Å²) in [5.41, 5.74) is 2.39. The van der Waals surface area contributed by atoms with Crippen molar-refractivity contribution in [1.29, 1.82) is 0 Å². The van der Waals surface area contributed by atoms with Crippen LogP contribution in [-0.2, 0) is 5.41 Å². The first-order chi connectivity index (χ1) is 9.74. The number of rotatable bonds is 3. The number of carboxylic acid groups (broad SMARTS) is 1. The largest absolute Gasteiger partial charge is 0.495 e. The fourth-order valence-electron chi connectivity index (χ4n) is 1.99. The van der Waals surface area contributed by atoms with E-state index >= 15 is 0 Å². The molecule has 0 saturated carbocycles. The monoisotopic (exact) mass is 352 g/mol. The molecule has 0 bridgehead atoms. The van der Waals surface area contributed by atoms with Gasteiger partial charge in [-0.15, -0.1) is 0 Å². The summed E-state index contributed by atoms with van der Waals surface area (Å²) in [6, 6.07) is 5.48. The number of ether oxygens (including phenoxy) is 1. The van der Waals surface area contributed by atoms with Crippen LogP contribution in [0.3, 0.4) is 0 Å². The molecule has 1 aromatic heterocycles. The first-order valence-electron chi connectivity index (χ1n) is 6.41. The maximum atomic E-state index is 11.0. The minimum atomic E-state index is -1.04. The van der Waals surface area contributed by atoms with Crippen LogP contribution in [-0.4, -0.2) is 28.4 Å². The van der Waals surface area contributed by atoms with Gasteiger partial charge in [0.15, 0.2) is 0 Å². The average Bonchev–Trinajstić information content (AvgIpc) is 2.86. The number of aromatic amines is 1. The van der Waals surface area contributed by atoms with Crippen molar-refractivity contribution in [1.82, 2.24) is 10.2 Å². The zero-order valence-electron chi connectivity index (χ0n) is 12.3. The van der Waals surface area contributed by atoms with E-state index in [1.54, 1.807) is 7.11 Å². The molecule has 0 saturated heterocycles. The number of methoxy groups -OCH3 is 1. The van der Waals surface area contributed by atoms with Crippen LogP contribution in [0.4, 0.5) is 0 Å². The van der Waals surface area contributed by atoms with Gasteiger partial charge in [0, 0.05) is 5.56 Å². The van der Waals surface area contributed by atoms with Gasteiger partial charge in [0.2, 0.25) is 0 Å². The molecule has 0 amide bonds. The molecule has 2 rings (SSSR count). The molecule has 0 aliphatic carbocycles. The molecule has 1 aromatic carbocycles. The van der Waals surface area contributed by atoms with E-state index in [1.165, 1.54) is 6.07 Å². The molecule has 112 valence electrons. The quantitative estimate of drug-likeness (QED) is 0.879. The number of nitrogens with one attached hydrogen (secondary N) is 1. The number of carbonyl (C=O) groups is 1. The van der Waals surface area contributed by atoms with E-state index in [2.05, 4.69) is 46.9 Å². The van der Waals surface area contributed by atoms with Gasteiger partial charge in [-0.2, -0.15) is 5.10 Å². The summed E-state index contributed by atoms with van der Waals surface area (Å²) in [5.74, 6) is -0.412. The predicted molar refractivity (Wildman–Crippen MR) is 83.9 cm³/mol. The number of halogens is 1. The predicted octanol–water partition coefficient (Wildman–Crippen LogP) is 3.84. The lowest BCUT2D eigenvalue weighted by molar-refractivity contribution is 0.0690. The van der Waals surface area contributed by atoms with Crippen molar-refractivity contribution in [3.05, 3.63) is 33.9 Å². The molecule has 0 unspecified atom stereocenters. The highest BCUT2D eigenvalue weighted by Gasteiger charge is 2.21. The zero-order chi connectivity index (χ0) is 15.8. The highest BCUT2D eigenvalue weighted by Crippen LogP contribution is 2.39. The van der Waals surface area contributed by atoms with Gasteiger partial charge in [0.05, 0.1) is 17.3 Å². The van der Waals surface area contributed by atoms with Crippen LogP contribution >= 0.6 is 15.9 Å². The maximum absolute atomic E-state index is 11.0. The highest BCUT2D eigenvalue weighted by atomic mass is 79.9. The van der Waals surface area contributed by atoms with Crippen molar-refractivity contribution in [3.63, 3.8) is 0 Å². The van der Waals surface area contributed by atoms with Gasteiger partial charge >= 0.3 is 5.97 Å². The molecule has 21 heavy (non-hydrogen) atoms. The lowest BCUT2D eigenvalue weighted by Crippen LogP contribution is -2.11. The van der Waals surface area contributed by atoms with Gasteiger partial charge in [0.25, 0.3) is 0 Å². The molecule has 6 heteroatoms. The molecule has 0 fully saturated rings. The second-order valence-electron chi connectivity index (χ2n) is 5.76. The Bertz CT molecular complexity index is 687. The third kappa shape index (κ3) is 3.10. The summed E-state index contributed by atoms with van der Waals surface area (Å²) < 4.78 is 6.23. The van der Waals surface area contributed by atoms with E-state index in [-0.39, 0.29) is 11.1 Å². The van der Waals surface area contributed by atoms with Crippen LogP contribution in [0.2, 0.25) is 0 Å². The first-order valence-corrected chi connectivity index (χ1v) is 7.20. The molecule has 1 heterocycles. The lowest BCUT2D eigenvalue weighted by atomic mass is 9.85. The minimum Gasteiger partial charge on any atom is -0.495 e. The minimum absolute atomic E-state index is 0.0457. The topological polar surface area (TPSA) is 75.2 Å². The molecule has 0 radical (unpaired) electrons. The third-order valence-electron chi connectivity index (χ3n) is 3.20. The fraction of sp³-hybridized carbons (Fsp3) is 0.333. The molecule has 0 atom stereocenters. The van der Waals surface area contributed by atoms with Crippen LogP contribution in [0.1, 0.15) is 36.8 Å². The van der Waals surface area contributed by atoms with E-state index < -0.39 is 5.97 Å². The summed E-state index contributed by atoms with van der Waals surface area (Å²) >= 11 is 3.50. The number of H-pyrrole nitrogens is 1. The van der Waals surface area contributed by atoms with Crippen molar-refractivity contribution in [2.75, 3.05) is 7.11 Å². The van der Waals surface area contributed by atoms with Gasteiger partial charge < -0.3 is 9.84 Å². The van der Waals surface area contributed by atoms with Gasteiger partial charge in [0.1, 0.15) is 11.4 Å². The number of aromatic nitrogens is 2. The van der Waals surface area contributed by atoms with Crippen LogP contribution < -0.4 is 4.74 Å². The van der Waals surface area contributed by atoms with Crippen LogP contribution in [0.25, 0.3) is 11.3 Å². The Kier molecular flexibility index (Phi) is 4.09. The highest BCUT2D eigenvalue weighted by molar-refractivity contribution is 9.10.